The molecule has 0 amide bonds. The minimum absolute atomic E-state index is 0.0547. The maximum Gasteiger partial charge on any atom is 0.115 e. The number of rotatable bonds is 2. The Labute approximate surface area is 123 Å². The highest BCUT2D eigenvalue weighted by Crippen LogP contribution is 2.28. The van der Waals surface area contributed by atoms with Crippen molar-refractivity contribution in [1.29, 1.82) is 0 Å². The minimum Gasteiger partial charge on any atom is -0.399 e. The zero-order valence-corrected chi connectivity index (χ0v) is 12.5. The molecule has 0 aliphatic rings. The number of hydrogen-bond donors (Lipinski definition) is 1. The van der Waals surface area contributed by atoms with E-state index in [1.165, 1.54) is 0 Å². The molecule has 21 heavy (non-hydrogen) atoms. The van der Waals surface area contributed by atoms with E-state index in [1.54, 1.807) is 12.5 Å². The third-order valence-electron chi connectivity index (χ3n) is 3.41. The van der Waals surface area contributed by atoms with Crippen LogP contribution in [0.25, 0.3) is 11.0 Å². The minimum atomic E-state index is -0.0547. The van der Waals surface area contributed by atoms with Gasteiger partial charge in [-0.15, -0.1) is 0 Å². The second-order valence-electron chi connectivity index (χ2n) is 6.22. The van der Waals surface area contributed by atoms with Crippen LogP contribution in [0.2, 0.25) is 0 Å². The van der Waals surface area contributed by atoms with Crippen molar-refractivity contribution < 1.29 is 0 Å². The van der Waals surface area contributed by atoms with E-state index in [9.17, 15) is 0 Å². The van der Waals surface area contributed by atoms with Crippen LogP contribution < -0.4 is 5.73 Å². The van der Waals surface area contributed by atoms with Crippen molar-refractivity contribution in [3.8, 4) is 0 Å². The second kappa shape index (κ2) is 4.84. The first-order valence-electron chi connectivity index (χ1n) is 6.96. The van der Waals surface area contributed by atoms with Gasteiger partial charge >= 0.3 is 0 Å². The lowest BCUT2D eigenvalue weighted by atomic mass is 9.95. The highest BCUT2D eigenvalue weighted by atomic mass is 15.1. The Bertz CT molecular complexity index is 768. The Balaban J connectivity index is 2.18. The molecule has 0 saturated carbocycles. The zero-order valence-electron chi connectivity index (χ0n) is 12.5. The van der Waals surface area contributed by atoms with Gasteiger partial charge in [0.25, 0.3) is 0 Å². The Kier molecular flexibility index (Phi) is 3.12. The monoisotopic (exact) mass is 281 g/mol. The number of nitrogens with two attached hydrogens (primary N) is 1. The largest absolute Gasteiger partial charge is 0.399 e. The van der Waals surface area contributed by atoms with E-state index in [0.717, 1.165) is 28.2 Å². The smallest absolute Gasteiger partial charge is 0.115 e. The Morgan fingerprint density at radius 3 is 2.67 bits per heavy atom. The van der Waals surface area contributed by atoms with Crippen molar-refractivity contribution in [3.05, 3.63) is 48.3 Å². The maximum atomic E-state index is 5.87. The second-order valence-corrected chi connectivity index (χ2v) is 6.22. The summed E-state index contributed by atoms with van der Waals surface area (Å²) in [5.41, 5.74) is 9.52. The van der Waals surface area contributed by atoms with Crippen molar-refractivity contribution >= 4 is 16.7 Å². The lowest BCUT2D eigenvalue weighted by molar-refractivity contribution is 0.514. The fraction of sp³-hybridized carbons (Fsp3) is 0.312. The van der Waals surface area contributed by atoms with E-state index in [1.807, 2.05) is 24.3 Å². The van der Waals surface area contributed by atoms with E-state index in [4.69, 9.17) is 10.7 Å². The summed E-state index contributed by atoms with van der Waals surface area (Å²) in [5, 5.41) is 0. The van der Waals surface area contributed by atoms with Crippen LogP contribution in [0, 0.1) is 0 Å². The summed E-state index contributed by atoms with van der Waals surface area (Å²) < 4.78 is 2.21. The van der Waals surface area contributed by atoms with E-state index in [-0.39, 0.29) is 5.41 Å². The molecule has 108 valence electrons. The van der Waals surface area contributed by atoms with Crippen molar-refractivity contribution in [2.75, 3.05) is 5.73 Å². The van der Waals surface area contributed by atoms with Gasteiger partial charge in [0.05, 0.1) is 23.3 Å². The van der Waals surface area contributed by atoms with Gasteiger partial charge in [0.15, 0.2) is 0 Å². The Morgan fingerprint density at radius 1 is 1.19 bits per heavy atom. The van der Waals surface area contributed by atoms with Gasteiger partial charge in [-0.3, -0.25) is 0 Å². The number of nitrogen functional groups attached to an aromatic ring is 1. The van der Waals surface area contributed by atoms with Crippen LogP contribution in [-0.4, -0.2) is 19.5 Å². The molecule has 2 aromatic heterocycles. The molecular formula is C16H19N5. The van der Waals surface area contributed by atoms with Gasteiger partial charge in [-0.25, -0.2) is 15.0 Å². The summed E-state index contributed by atoms with van der Waals surface area (Å²) in [7, 11) is 0. The molecular weight excluding hydrogens is 262 g/mol. The number of imidazole rings is 1. The van der Waals surface area contributed by atoms with Gasteiger partial charge < -0.3 is 10.3 Å². The summed E-state index contributed by atoms with van der Waals surface area (Å²) in [6.45, 7) is 7.16. The standard InChI is InChI=1S/C16H19N5/c1-16(2,3)15-20-13-8-11(17)4-5-14(13)21(15)9-12-6-7-18-10-19-12/h4-8,10H,9,17H2,1-3H3. The van der Waals surface area contributed by atoms with Crippen molar-refractivity contribution in [2.45, 2.75) is 32.7 Å². The van der Waals surface area contributed by atoms with Gasteiger partial charge in [-0.05, 0) is 24.3 Å². The van der Waals surface area contributed by atoms with Gasteiger partial charge in [0.2, 0.25) is 0 Å². The molecule has 0 bridgehead atoms. The van der Waals surface area contributed by atoms with Gasteiger partial charge in [-0.2, -0.15) is 0 Å². The summed E-state index contributed by atoms with van der Waals surface area (Å²) in [4.78, 5) is 13.1. The third-order valence-corrected chi connectivity index (χ3v) is 3.41. The predicted octanol–water partition coefficient (Wildman–Crippen LogP) is 2.75. The number of nitrogens with zero attached hydrogens (tertiary/aromatic N) is 4. The summed E-state index contributed by atoms with van der Waals surface area (Å²) in [6.07, 6.45) is 3.33. The number of fused-ring (bicyclic) bond motifs is 1. The molecule has 0 unspecified atom stereocenters. The molecule has 1 aromatic carbocycles. The summed E-state index contributed by atoms with van der Waals surface area (Å²) in [5.74, 6) is 1.03. The van der Waals surface area contributed by atoms with Crippen LogP contribution in [0.15, 0.2) is 36.8 Å². The van der Waals surface area contributed by atoms with Crippen LogP contribution in [0.5, 0.6) is 0 Å². The summed E-state index contributed by atoms with van der Waals surface area (Å²) in [6, 6.07) is 7.78. The van der Waals surface area contributed by atoms with Crippen LogP contribution in [-0.2, 0) is 12.0 Å². The highest BCUT2D eigenvalue weighted by Gasteiger charge is 2.23. The van der Waals surface area contributed by atoms with Crippen molar-refractivity contribution in [1.82, 2.24) is 19.5 Å². The molecule has 0 fully saturated rings. The molecule has 2 N–H and O–H groups in total. The molecule has 5 nitrogen and oxygen atoms in total. The lowest BCUT2D eigenvalue weighted by Crippen LogP contribution is -2.19. The Hall–Kier alpha value is -2.43. The molecule has 0 atom stereocenters. The summed E-state index contributed by atoms with van der Waals surface area (Å²) >= 11 is 0. The number of aromatic nitrogens is 4. The fourth-order valence-corrected chi connectivity index (χ4v) is 2.45. The molecule has 0 spiro atoms. The van der Waals surface area contributed by atoms with E-state index >= 15 is 0 Å². The van der Waals surface area contributed by atoms with E-state index < -0.39 is 0 Å². The first-order valence-corrected chi connectivity index (χ1v) is 6.96. The number of benzene rings is 1. The zero-order chi connectivity index (χ0) is 15.0. The Morgan fingerprint density at radius 2 is 2.00 bits per heavy atom. The van der Waals surface area contributed by atoms with E-state index in [2.05, 4.69) is 35.3 Å². The molecule has 0 aliphatic carbocycles. The fourth-order valence-electron chi connectivity index (χ4n) is 2.45. The normalized spacial score (nSPS) is 12.0. The third kappa shape index (κ3) is 2.59. The maximum absolute atomic E-state index is 5.87. The number of anilines is 1. The van der Waals surface area contributed by atoms with Crippen LogP contribution in [0.4, 0.5) is 5.69 Å². The number of hydrogen-bond acceptors (Lipinski definition) is 4. The highest BCUT2D eigenvalue weighted by molar-refractivity contribution is 5.80. The quantitative estimate of drug-likeness (QED) is 0.733. The van der Waals surface area contributed by atoms with Crippen LogP contribution in [0.1, 0.15) is 32.3 Å². The molecule has 3 rings (SSSR count). The van der Waals surface area contributed by atoms with Crippen LogP contribution >= 0.6 is 0 Å². The molecule has 3 aromatic rings. The molecule has 2 heterocycles. The van der Waals surface area contributed by atoms with Crippen molar-refractivity contribution in [3.63, 3.8) is 0 Å². The van der Waals surface area contributed by atoms with E-state index in [0.29, 0.717) is 6.54 Å². The first kappa shape index (κ1) is 13.5. The average Bonchev–Trinajstić information content (AvgIpc) is 2.78. The van der Waals surface area contributed by atoms with Gasteiger partial charge in [0, 0.05) is 17.3 Å². The van der Waals surface area contributed by atoms with Crippen LogP contribution in [0.3, 0.4) is 0 Å². The topological polar surface area (TPSA) is 69.6 Å². The van der Waals surface area contributed by atoms with Gasteiger partial charge in [-0.1, -0.05) is 20.8 Å². The average molecular weight is 281 g/mol. The molecule has 0 saturated heterocycles. The molecule has 0 aliphatic heterocycles. The first-order chi connectivity index (χ1) is 9.95. The van der Waals surface area contributed by atoms with Crippen molar-refractivity contribution in [2.24, 2.45) is 0 Å². The lowest BCUT2D eigenvalue weighted by Gasteiger charge is -2.20. The molecule has 0 radical (unpaired) electrons. The SMILES string of the molecule is CC(C)(C)c1nc2cc(N)ccc2n1Cc1ccncn1. The predicted molar refractivity (Wildman–Crippen MR) is 84.0 cm³/mol. The van der Waals surface area contributed by atoms with Gasteiger partial charge in [0.1, 0.15) is 12.2 Å². The molecule has 5 heteroatoms.